The Morgan fingerprint density at radius 2 is 1.84 bits per heavy atom. The van der Waals surface area contributed by atoms with Crippen LogP contribution in [-0.4, -0.2) is 39.6 Å². The maximum atomic E-state index is 12.8. The first-order valence-corrected chi connectivity index (χ1v) is 9.92. The maximum absolute atomic E-state index is 12.8. The molecule has 1 N–H and O–H groups in total. The monoisotopic (exact) mass is 439 g/mol. The molecular weight excluding hydrogens is 422 g/mol. The van der Waals surface area contributed by atoms with Gasteiger partial charge in [-0.15, -0.1) is 16.4 Å². The van der Waals surface area contributed by atoms with E-state index in [1.165, 1.54) is 31.6 Å². The Labute approximate surface area is 180 Å². The Balaban J connectivity index is 1.67. The van der Waals surface area contributed by atoms with Gasteiger partial charge in [0.25, 0.3) is 17.5 Å². The molecule has 2 aromatic carbocycles. The van der Waals surface area contributed by atoms with Crippen LogP contribution in [0.2, 0.25) is 0 Å². The third kappa shape index (κ3) is 3.78. The second-order valence-electron chi connectivity index (χ2n) is 6.55. The average molecular weight is 439 g/mol. The van der Waals surface area contributed by atoms with E-state index in [9.17, 15) is 14.9 Å². The normalized spacial score (nSPS) is 10.8. The van der Waals surface area contributed by atoms with Gasteiger partial charge in [0, 0.05) is 17.0 Å². The van der Waals surface area contributed by atoms with Crippen LogP contribution in [0.15, 0.2) is 41.8 Å². The molecular formula is C20H17N5O5S. The third-order valence-electron chi connectivity index (χ3n) is 4.60. The molecule has 0 saturated carbocycles. The molecule has 0 aliphatic rings. The molecule has 31 heavy (non-hydrogen) atoms. The summed E-state index contributed by atoms with van der Waals surface area (Å²) in [6.07, 6.45) is 0. The molecule has 0 bridgehead atoms. The van der Waals surface area contributed by atoms with Gasteiger partial charge in [0.05, 0.1) is 30.9 Å². The summed E-state index contributed by atoms with van der Waals surface area (Å²) >= 11 is 1.37. The predicted octanol–water partition coefficient (Wildman–Crippen LogP) is 3.94. The lowest BCUT2D eigenvalue weighted by atomic mass is 10.1. The van der Waals surface area contributed by atoms with Crippen LogP contribution in [0.1, 0.15) is 15.9 Å². The molecule has 0 aliphatic carbocycles. The first-order valence-electron chi connectivity index (χ1n) is 9.04. The summed E-state index contributed by atoms with van der Waals surface area (Å²) in [6.45, 7) is 2.00. The fourth-order valence-corrected chi connectivity index (χ4v) is 3.86. The van der Waals surface area contributed by atoms with E-state index >= 15 is 0 Å². The van der Waals surface area contributed by atoms with Crippen molar-refractivity contribution in [1.82, 2.24) is 14.6 Å². The van der Waals surface area contributed by atoms with Gasteiger partial charge >= 0.3 is 0 Å². The number of methoxy groups -OCH3 is 2. The molecule has 158 valence electrons. The average Bonchev–Trinajstić information content (AvgIpc) is 3.33. The number of anilines is 1. The second kappa shape index (κ2) is 8.03. The summed E-state index contributed by atoms with van der Waals surface area (Å²) in [6, 6.07) is 10.3. The van der Waals surface area contributed by atoms with E-state index in [0.717, 1.165) is 22.9 Å². The van der Waals surface area contributed by atoms with E-state index in [1.54, 1.807) is 4.52 Å². The number of fused-ring (bicyclic) bond motifs is 1. The summed E-state index contributed by atoms with van der Waals surface area (Å²) in [5, 5.41) is 20.3. The number of hydrogen-bond donors (Lipinski definition) is 1. The molecule has 1 amide bonds. The Morgan fingerprint density at radius 3 is 2.48 bits per heavy atom. The zero-order chi connectivity index (χ0) is 22.1. The van der Waals surface area contributed by atoms with Crippen LogP contribution >= 0.6 is 11.3 Å². The van der Waals surface area contributed by atoms with Crippen LogP contribution in [0.4, 0.5) is 11.6 Å². The van der Waals surface area contributed by atoms with Crippen LogP contribution < -0.4 is 14.8 Å². The number of nitro groups is 1. The van der Waals surface area contributed by atoms with Gasteiger partial charge in [-0.25, -0.2) is 4.52 Å². The van der Waals surface area contributed by atoms with E-state index in [0.29, 0.717) is 4.96 Å². The van der Waals surface area contributed by atoms with Crippen molar-refractivity contribution in [3.8, 4) is 22.8 Å². The first kappa shape index (κ1) is 20.3. The summed E-state index contributed by atoms with van der Waals surface area (Å²) in [5.41, 5.74) is 2.30. The number of aryl methyl sites for hydroxylation is 1. The number of nitro benzene ring substituents is 1. The van der Waals surface area contributed by atoms with Gasteiger partial charge in [0.1, 0.15) is 5.56 Å². The third-order valence-corrected chi connectivity index (χ3v) is 5.41. The van der Waals surface area contributed by atoms with Crippen molar-refractivity contribution < 1.29 is 19.2 Å². The van der Waals surface area contributed by atoms with Crippen LogP contribution in [0, 0.1) is 17.0 Å². The number of nitrogens with one attached hydrogen (secondary N) is 1. The molecule has 2 heterocycles. The molecule has 0 unspecified atom stereocenters. The van der Waals surface area contributed by atoms with Crippen molar-refractivity contribution in [1.29, 1.82) is 0 Å². The number of carbonyl (C=O) groups excluding carboxylic acids is 1. The zero-order valence-electron chi connectivity index (χ0n) is 16.8. The molecule has 4 rings (SSSR count). The minimum absolute atomic E-state index is 0.0364. The zero-order valence-corrected chi connectivity index (χ0v) is 17.6. The predicted molar refractivity (Wildman–Crippen MR) is 115 cm³/mol. The van der Waals surface area contributed by atoms with Gasteiger partial charge in [0.15, 0.2) is 11.5 Å². The Morgan fingerprint density at radius 1 is 1.16 bits per heavy atom. The van der Waals surface area contributed by atoms with Gasteiger partial charge in [-0.1, -0.05) is 29.8 Å². The van der Waals surface area contributed by atoms with Gasteiger partial charge in [-0.3, -0.25) is 20.2 Å². The number of rotatable bonds is 6. The van der Waals surface area contributed by atoms with Crippen molar-refractivity contribution in [2.75, 3.05) is 19.5 Å². The topological polar surface area (TPSA) is 121 Å². The SMILES string of the molecule is COc1cc(C(=O)Nc2nc3scc(-c4ccc(C)cc4)n3n2)c([N+](=O)[O-])cc1OC. The summed E-state index contributed by atoms with van der Waals surface area (Å²) in [4.78, 5) is 28.5. The maximum Gasteiger partial charge on any atom is 0.286 e. The lowest BCUT2D eigenvalue weighted by molar-refractivity contribution is -0.385. The van der Waals surface area contributed by atoms with Crippen molar-refractivity contribution >= 4 is 33.8 Å². The highest BCUT2D eigenvalue weighted by Crippen LogP contribution is 2.35. The number of aromatic nitrogens is 3. The van der Waals surface area contributed by atoms with Crippen molar-refractivity contribution in [3.05, 3.63) is 63.0 Å². The number of thiazole rings is 1. The van der Waals surface area contributed by atoms with E-state index < -0.39 is 16.5 Å². The van der Waals surface area contributed by atoms with E-state index in [1.807, 2.05) is 36.6 Å². The minimum atomic E-state index is -0.734. The highest BCUT2D eigenvalue weighted by molar-refractivity contribution is 7.15. The number of hydrogen-bond acceptors (Lipinski definition) is 8. The van der Waals surface area contributed by atoms with Crippen LogP contribution in [0.5, 0.6) is 11.5 Å². The van der Waals surface area contributed by atoms with Crippen LogP contribution in [-0.2, 0) is 0 Å². The van der Waals surface area contributed by atoms with E-state index in [-0.39, 0.29) is 23.0 Å². The highest BCUT2D eigenvalue weighted by Gasteiger charge is 2.25. The molecule has 2 aromatic heterocycles. The number of amides is 1. The fraction of sp³-hybridized carbons (Fsp3) is 0.150. The van der Waals surface area contributed by atoms with E-state index in [4.69, 9.17) is 9.47 Å². The molecule has 0 saturated heterocycles. The number of nitrogens with zero attached hydrogens (tertiary/aromatic N) is 4. The standard InChI is InChI=1S/C20H17N5O5S/c1-11-4-6-12(7-5-11)15-10-31-20-22-19(23-24(15)20)21-18(26)13-8-16(29-2)17(30-3)9-14(13)25(27)28/h4-10H,1-3H3,(H,21,23,26). The number of benzene rings is 2. The summed E-state index contributed by atoms with van der Waals surface area (Å²) in [7, 11) is 2.73. The molecule has 0 radical (unpaired) electrons. The molecule has 4 aromatic rings. The van der Waals surface area contributed by atoms with E-state index in [2.05, 4.69) is 15.4 Å². The quantitative estimate of drug-likeness (QED) is 0.357. The minimum Gasteiger partial charge on any atom is -0.493 e. The summed E-state index contributed by atoms with van der Waals surface area (Å²) in [5.74, 6) is -0.357. The lowest BCUT2D eigenvalue weighted by Gasteiger charge is -2.10. The van der Waals surface area contributed by atoms with Gasteiger partial charge in [-0.2, -0.15) is 4.98 Å². The Bertz CT molecular complexity index is 1300. The Hall–Kier alpha value is -3.99. The molecule has 11 heteroatoms. The van der Waals surface area contributed by atoms with Gasteiger partial charge in [0.2, 0.25) is 4.96 Å². The van der Waals surface area contributed by atoms with Crippen molar-refractivity contribution in [2.24, 2.45) is 0 Å². The lowest BCUT2D eigenvalue weighted by Crippen LogP contribution is -2.15. The number of ether oxygens (including phenoxy) is 2. The molecule has 0 fully saturated rings. The van der Waals surface area contributed by atoms with Crippen LogP contribution in [0.25, 0.3) is 16.2 Å². The van der Waals surface area contributed by atoms with Crippen molar-refractivity contribution in [2.45, 2.75) is 6.92 Å². The highest BCUT2D eigenvalue weighted by atomic mass is 32.1. The summed E-state index contributed by atoms with van der Waals surface area (Å²) < 4.78 is 11.9. The second-order valence-corrected chi connectivity index (χ2v) is 7.39. The van der Waals surface area contributed by atoms with Crippen molar-refractivity contribution in [3.63, 3.8) is 0 Å². The Kier molecular flexibility index (Phi) is 5.26. The fourth-order valence-electron chi connectivity index (χ4n) is 3.03. The van der Waals surface area contributed by atoms with Gasteiger partial charge in [-0.05, 0) is 6.92 Å². The smallest absolute Gasteiger partial charge is 0.286 e. The van der Waals surface area contributed by atoms with Crippen LogP contribution in [0.3, 0.4) is 0 Å². The molecule has 10 nitrogen and oxygen atoms in total. The first-order chi connectivity index (χ1) is 14.9. The molecule has 0 aliphatic heterocycles. The largest absolute Gasteiger partial charge is 0.493 e. The molecule has 0 spiro atoms. The van der Waals surface area contributed by atoms with Gasteiger partial charge < -0.3 is 9.47 Å². The molecule has 0 atom stereocenters. The number of carbonyl (C=O) groups is 1.